The van der Waals surface area contributed by atoms with Crippen molar-refractivity contribution < 1.29 is 4.79 Å². The standard InChI is InChI=1S/C8H18N4O/c1-2-3-11-8(13)12-5-4-10-6-7(12)9/h7,10H,2-6,9H2,1H3,(H,11,13). The van der Waals surface area contributed by atoms with Crippen molar-refractivity contribution in [2.24, 2.45) is 5.73 Å². The second-order valence-corrected chi connectivity index (χ2v) is 3.20. The van der Waals surface area contributed by atoms with Crippen molar-refractivity contribution in [3.05, 3.63) is 0 Å². The van der Waals surface area contributed by atoms with Gasteiger partial charge >= 0.3 is 6.03 Å². The van der Waals surface area contributed by atoms with Crippen LogP contribution in [0.5, 0.6) is 0 Å². The number of nitrogens with two attached hydrogens (primary N) is 1. The molecule has 1 aliphatic heterocycles. The van der Waals surface area contributed by atoms with Crippen molar-refractivity contribution in [2.45, 2.75) is 19.5 Å². The molecule has 0 saturated carbocycles. The molecule has 2 amide bonds. The van der Waals surface area contributed by atoms with E-state index in [4.69, 9.17) is 5.73 Å². The third-order valence-electron chi connectivity index (χ3n) is 2.07. The molecule has 1 aliphatic rings. The minimum atomic E-state index is -0.189. The Kier molecular flexibility index (Phi) is 3.98. The molecule has 0 bridgehead atoms. The van der Waals surface area contributed by atoms with E-state index in [2.05, 4.69) is 10.6 Å². The maximum absolute atomic E-state index is 11.5. The van der Waals surface area contributed by atoms with Gasteiger partial charge in [0.05, 0.1) is 6.17 Å². The van der Waals surface area contributed by atoms with Crippen LogP contribution in [0.25, 0.3) is 0 Å². The lowest BCUT2D eigenvalue weighted by atomic mass is 10.3. The van der Waals surface area contributed by atoms with Crippen LogP contribution >= 0.6 is 0 Å². The number of piperazine rings is 1. The molecule has 5 nitrogen and oxygen atoms in total. The summed E-state index contributed by atoms with van der Waals surface area (Å²) in [5.74, 6) is 0. The fourth-order valence-corrected chi connectivity index (χ4v) is 1.31. The molecule has 13 heavy (non-hydrogen) atoms. The molecule has 76 valence electrons. The molecule has 1 unspecified atom stereocenters. The second kappa shape index (κ2) is 5.04. The van der Waals surface area contributed by atoms with E-state index in [0.717, 1.165) is 19.5 Å². The van der Waals surface area contributed by atoms with Gasteiger partial charge in [-0.3, -0.25) is 0 Å². The highest BCUT2D eigenvalue weighted by Crippen LogP contribution is 1.97. The molecule has 1 rings (SSSR count). The first-order valence-electron chi connectivity index (χ1n) is 4.76. The van der Waals surface area contributed by atoms with Crippen molar-refractivity contribution in [2.75, 3.05) is 26.2 Å². The predicted molar refractivity (Wildman–Crippen MR) is 51.2 cm³/mol. The van der Waals surface area contributed by atoms with Gasteiger partial charge in [0.2, 0.25) is 0 Å². The second-order valence-electron chi connectivity index (χ2n) is 3.20. The topological polar surface area (TPSA) is 70.4 Å². The van der Waals surface area contributed by atoms with Crippen molar-refractivity contribution in [1.29, 1.82) is 0 Å². The van der Waals surface area contributed by atoms with Gasteiger partial charge in [0.25, 0.3) is 0 Å². The Morgan fingerprint density at radius 3 is 3.15 bits per heavy atom. The molecule has 1 heterocycles. The molecule has 5 heteroatoms. The third-order valence-corrected chi connectivity index (χ3v) is 2.07. The minimum absolute atomic E-state index is 0.0455. The number of carbonyl (C=O) groups is 1. The van der Waals surface area contributed by atoms with E-state index in [9.17, 15) is 4.79 Å². The van der Waals surface area contributed by atoms with Crippen LogP contribution in [-0.4, -0.2) is 43.3 Å². The smallest absolute Gasteiger partial charge is 0.318 e. The van der Waals surface area contributed by atoms with Gasteiger partial charge in [0, 0.05) is 26.2 Å². The highest BCUT2D eigenvalue weighted by Gasteiger charge is 2.22. The lowest BCUT2D eigenvalue weighted by Gasteiger charge is -2.33. The summed E-state index contributed by atoms with van der Waals surface area (Å²) in [7, 11) is 0. The van der Waals surface area contributed by atoms with Crippen molar-refractivity contribution >= 4 is 6.03 Å². The van der Waals surface area contributed by atoms with Gasteiger partial charge in [-0.1, -0.05) is 6.92 Å². The highest BCUT2D eigenvalue weighted by molar-refractivity contribution is 5.74. The number of urea groups is 1. The van der Waals surface area contributed by atoms with Gasteiger partial charge in [0.15, 0.2) is 0 Å². The first-order valence-corrected chi connectivity index (χ1v) is 4.76. The van der Waals surface area contributed by atoms with Crippen LogP contribution in [0.3, 0.4) is 0 Å². The Hall–Kier alpha value is -0.810. The minimum Gasteiger partial charge on any atom is -0.338 e. The van der Waals surface area contributed by atoms with Crippen molar-refractivity contribution in [3.63, 3.8) is 0 Å². The lowest BCUT2D eigenvalue weighted by Crippen LogP contribution is -2.60. The fourth-order valence-electron chi connectivity index (χ4n) is 1.31. The maximum Gasteiger partial charge on any atom is 0.318 e. The molecule has 1 fully saturated rings. The van der Waals surface area contributed by atoms with Gasteiger partial charge in [-0.2, -0.15) is 0 Å². The van der Waals surface area contributed by atoms with Crippen LogP contribution in [0.15, 0.2) is 0 Å². The van der Waals surface area contributed by atoms with Gasteiger partial charge in [0.1, 0.15) is 0 Å². The Bertz CT molecular complexity index is 174. The average Bonchev–Trinajstić information content (AvgIpc) is 2.15. The molecule has 0 aromatic carbocycles. The number of amides is 2. The van der Waals surface area contributed by atoms with E-state index in [-0.39, 0.29) is 12.2 Å². The Balaban J connectivity index is 2.35. The number of hydrogen-bond acceptors (Lipinski definition) is 3. The summed E-state index contributed by atoms with van der Waals surface area (Å²) in [6.45, 7) is 4.94. The summed E-state index contributed by atoms with van der Waals surface area (Å²) in [5.41, 5.74) is 5.75. The zero-order valence-corrected chi connectivity index (χ0v) is 8.05. The van der Waals surface area contributed by atoms with Gasteiger partial charge in [-0.05, 0) is 6.42 Å². The number of nitrogens with one attached hydrogen (secondary N) is 2. The van der Waals surface area contributed by atoms with E-state index in [0.29, 0.717) is 13.1 Å². The van der Waals surface area contributed by atoms with Crippen LogP contribution in [0.2, 0.25) is 0 Å². The normalized spacial score (nSPS) is 22.9. The molecule has 0 aromatic rings. The zero-order valence-electron chi connectivity index (χ0n) is 8.05. The average molecular weight is 186 g/mol. The number of rotatable bonds is 2. The van der Waals surface area contributed by atoms with Crippen LogP contribution in [0, 0.1) is 0 Å². The maximum atomic E-state index is 11.5. The summed E-state index contributed by atoms with van der Waals surface area (Å²) in [6, 6.07) is -0.0455. The van der Waals surface area contributed by atoms with E-state index < -0.39 is 0 Å². The summed E-state index contributed by atoms with van der Waals surface area (Å²) < 4.78 is 0. The number of hydrogen-bond donors (Lipinski definition) is 3. The summed E-state index contributed by atoms with van der Waals surface area (Å²) in [5, 5.41) is 5.94. The molecule has 0 spiro atoms. The monoisotopic (exact) mass is 186 g/mol. The summed E-state index contributed by atoms with van der Waals surface area (Å²) >= 11 is 0. The quantitative estimate of drug-likeness (QED) is 0.534. The molecule has 1 saturated heterocycles. The molecule has 1 atom stereocenters. The van der Waals surface area contributed by atoms with E-state index in [1.54, 1.807) is 4.90 Å². The number of nitrogens with zero attached hydrogens (tertiary/aromatic N) is 1. The Morgan fingerprint density at radius 2 is 2.54 bits per heavy atom. The zero-order chi connectivity index (χ0) is 9.68. The third kappa shape index (κ3) is 2.86. The fraction of sp³-hybridized carbons (Fsp3) is 0.875. The molecular formula is C8H18N4O. The van der Waals surface area contributed by atoms with Crippen LogP contribution in [-0.2, 0) is 0 Å². The van der Waals surface area contributed by atoms with E-state index in [1.165, 1.54) is 0 Å². The lowest BCUT2D eigenvalue weighted by molar-refractivity contribution is 0.160. The molecule has 0 radical (unpaired) electrons. The molecule has 4 N–H and O–H groups in total. The SMILES string of the molecule is CCCNC(=O)N1CCNCC1N. The van der Waals surface area contributed by atoms with Crippen molar-refractivity contribution in [3.8, 4) is 0 Å². The summed E-state index contributed by atoms with van der Waals surface area (Å²) in [6.07, 6.45) is 0.762. The first kappa shape index (κ1) is 10.3. The molecule has 0 aliphatic carbocycles. The van der Waals surface area contributed by atoms with Crippen LogP contribution in [0.4, 0.5) is 4.79 Å². The molecular weight excluding hydrogens is 168 g/mol. The van der Waals surface area contributed by atoms with E-state index >= 15 is 0 Å². The molecule has 0 aromatic heterocycles. The van der Waals surface area contributed by atoms with Gasteiger partial charge in [-0.15, -0.1) is 0 Å². The van der Waals surface area contributed by atoms with Gasteiger partial charge < -0.3 is 21.3 Å². The Labute approximate surface area is 78.6 Å². The highest BCUT2D eigenvalue weighted by atomic mass is 16.2. The van der Waals surface area contributed by atoms with Crippen LogP contribution in [0.1, 0.15) is 13.3 Å². The van der Waals surface area contributed by atoms with Crippen LogP contribution < -0.4 is 16.4 Å². The van der Waals surface area contributed by atoms with Gasteiger partial charge in [-0.25, -0.2) is 4.79 Å². The Morgan fingerprint density at radius 1 is 1.77 bits per heavy atom. The van der Waals surface area contributed by atoms with E-state index in [1.807, 2.05) is 6.92 Å². The first-order chi connectivity index (χ1) is 6.25. The largest absolute Gasteiger partial charge is 0.338 e. The predicted octanol–water partition coefficient (Wildman–Crippen LogP) is -0.704. The summed E-state index contributed by atoms with van der Waals surface area (Å²) in [4.78, 5) is 13.1. The number of carbonyl (C=O) groups excluding carboxylic acids is 1. The van der Waals surface area contributed by atoms with Crippen molar-refractivity contribution in [1.82, 2.24) is 15.5 Å².